The van der Waals surface area contributed by atoms with Crippen LogP contribution in [0.5, 0.6) is 5.75 Å². The van der Waals surface area contributed by atoms with Gasteiger partial charge in [0.1, 0.15) is 5.75 Å². The van der Waals surface area contributed by atoms with Gasteiger partial charge in [0, 0.05) is 30.2 Å². The molecule has 0 spiro atoms. The van der Waals surface area contributed by atoms with Crippen LogP contribution in [0, 0.1) is 0 Å². The predicted octanol–water partition coefficient (Wildman–Crippen LogP) is 2.19. The molecule has 0 aromatic heterocycles. The van der Waals surface area contributed by atoms with Crippen molar-refractivity contribution in [3.8, 4) is 5.75 Å². The van der Waals surface area contributed by atoms with E-state index in [9.17, 15) is 4.79 Å². The first-order chi connectivity index (χ1) is 10.4. The zero-order valence-corrected chi connectivity index (χ0v) is 14.1. The lowest BCUT2D eigenvalue weighted by Gasteiger charge is -2.40. The average molecular weight is 327 g/mol. The summed E-state index contributed by atoms with van der Waals surface area (Å²) in [6, 6.07) is 5.02. The van der Waals surface area contributed by atoms with Crippen LogP contribution in [0.4, 0.5) is 0 Å². The maximum Gasteiger partial charge on any atom is 0.255 e. The highest BCUT2D eigenvalue weighted by Gasteiger charge is 2.29. The molecule has 1 saturated heterocycles. The molecule has 5 nitrogen and oxygen atoms in total. The largest absolute Gasteiger partial charge is 0.496 e. The molecule has 0 aliphatic carbocycles. The van der Waals surface area contributed by atoms with E-state index >= 15 is 0 Å². The Hall–Kier alpha value is -1.30. The van der Waals surface area contributed by atoms with E-state index in [1.165, 1.54) is 7.11 Å². The Morgan fingerprint density at radius 2 is 2.09 bits per heavy atom. The summed E-state index contributed by atoms with van der Waals surface area (Å²) in [6.45, 7) is 8.01. The van der Waals surface area contributed by atoms with Crippen LogP contribution in [-0.2, 0) is 4.74 Å². The third-order valence-electron chi connectivity index (χ3n) is 3.95. The standard InChI is InChI=1S/C16H23ClN2O3/c1-16(2,19-6-8-22-9-7-19)11-18-15(20)13-10-12(17)4-5-14(13)21-3/h4-5,10H,6-9,11H2,1-3H3,(H,18,20). The van der Waals surface area contributed by atoms with E-state index in [1.807, 2.05) is 0 Å². The third kappa shape index (κ3) is 4.12. The van der Waals surface area contributed by atoms with Crippen molar-refractivity contribution in [1.29, 1.82) is 0 Å². The van der Waals surface area contributed by atoms with Crippen molar-refractivity contribution >= 4 is 17.5 Å². The Labute approximate surface area is 136 Å². The summed E-state index contributed by atoms with van der Waals surface area (Å²) in [5.41, 5.74) is 0.318. The molecule has 1 amide bonds. The highest BCUT2D eigenvalue weighted by atomic mass is 35.5. The Balaban J connectivity index is 2.01. The minimum Gasteiger partial charge on any atom is -0.496 e. The maximum absolute atomic E-state index is 12.4. The summed E-state index contributed by atoms with van der Waals surface area (Å²) in [6.07, 6.45) is 0. The number of rotatable bonds is 5. The van der Waals surface area contributed by atoms with E-state index < -0.39 is 0 Å². The number of halogens is 1. The Morgan fingerprint density at radius 3 is 2.73 bits per heavy atom. The second-order valence-corrected chi connectivity index (χ2v) is 6.38. The molecule has 22 heavy (non-hydrogen) atoms. The molecule has 1 fully saturated rings. The Bertz CT molecular complexity index is 528. The van der Waals surface area contributed by atoms with Gasteiger partial charge in [0.15, 0.2) is 0 Å². The summed E-state index contributed by atoms with van der Waals surface area (Å²) in [5, 5.41) is 3.49. The van der Waals surface area contributed by atoms with Crippen LogP contribution in [0.15, 0.2) is 18.2 Å². The van der Waals surface area contributed by atoms with Crippen LogP contribution in [0.2, 0.25) is 5.02 Å². The number of benzene rings is 1. The lowest BCUT2D eigenvalue weighted by atomic mass is 10.0. The van der Waals surface area contributed by atoms with Gasteiger partial charge in [0.05, 0.1) is 25.9 Å². The molecule has 0 radical (unpaired) electrons. The molecule has 1 aromatic carbocycles. The van der Waals surface area contributed by atoms with Crippen molar-refractivity contribution in [2.45, 2.75) is 19.4 Å². The van der Waals surface area contributed by atoms with Crippen molar-refractivity contribution in [2.24, 2.45) is 0 Å². The fraction of sp³-hybridized carbons (Fsp3) is 0.562. The lowest BCUT2D eigenvalue weighted by molar-refractivity contribution is -0.00923. The van der Waals surface area contributed by atoms with Gasteiger partial charge in [-0.1, -0.05) is 11.6 Å². The molecular weight excluding hydrogens is 304 g/mol. The van der Waals surface area contributed by atoms with E-state index in [0.29, 0.717) is 22.9 Å². The normalized spacial score (nSPS) is 16.4. The van der Waals surface area contributed by atoms with Crippen LogP contribution in [-0.4, -0.2) is 56.3 Å². The Morgan fingerprint density at radius 1 is 1.41 bits per heavy atom. The number of carbonyl (C=O) groups excluding carboxylic acids is 1. The molecule has 1 N–H and O–H groups in total. The van der Waals surface area contributed by atoms with Gasteiger partial charge in [0.2, 0.25) is 0 Å². The first-order valence-corrected chi connectivity index (χ1v) is 7.76. The van der Waals surface area contributed by atoms with Gasteiger partial charge in [-0.25, -0.2) is 0 Å². The minimum atomic E-state index is -0.180. The van der Waals surface area contributed by atoms with Gasteiger partial charge in [0.25, 0.3) is 5.91 Å². The molecule has 2 rings (SSSR count). The van der Waals surface area contributed by atoms with E-state index in [4.69, 9.17) is 21.1 Å². The number of ether oxygens (including phenoxy) is 2. The second-order valence-electron chi connectivity index (χ2n) is 5.94. The molecule has 6 heteroatoms. The third-order valence-corrected chi connectivity index (χ3v) is 4.19. The van der Waals surface area contributed by atoms with Crippen LogP contribution in [0.3, 0.4) is 0 Å². The summed E-state index contributed by atoms with van der Waals surface area (Å²) < 4.78 is 10.6. The molecule has 0 bridgehead atoms. The maximum atomic E-state index is 12.4. The highest BCUT2D eigenvalue weighted by molar-refractivity contribution is 6.31. The van der Waals surface area contributed by atoms with Crippen molar-refractivity contribution in [3.63, 3.8) is 0 Å². The van der Waals surface area contributed by atoms with E-state index in [1.54, 1.807) is 18.2 Å². The van der Waals surface area contributed by atoms with Gasteiger partial charge in [-0.15, -0.1) is 0 Å². The van der Waals surface area contributed by atoms with Crippen LogP contribution in [0.25, 0.3) is 0 Å². The van der Waals surface area contributed by atoms with Crippen LogP contribution in [0.1, 0.15) is 24.2 Å². The number of carbonyl (C=O) groups is 1. The van der Waals surface area contributed by atoms with E-state index in [0.717, 1.165) is 26.3 Å². The minimum absolute atomic E-state index is 0.134. The summed E-state index contributed by atoms with van der Waals surface area (Å²) in [7, 11) is 1.54. The fourth-order valence-electron chi connectivity index (χ4n) is 2.53. The number of hydrogen-bond donors (Lipinski definition) is 1. The number of hydrogen-bond acceptors (Lipinski definition) is 4. The Kier molecular flexibility index (Phi) is 5.67. The van der Waals surface area contributed by atoms with Crippen molar-refractivity contribution in [3.05, 3.63) is 28.8 Å². The van der Waals surface area contributed by atoms with Gasteiger partial charge in [-0.2, -0.15) is 0 Å². The molecule has 122 valence electrons. The average Bonchev–Trinajstić information content (AvgIpc) is 2.53. The molecule has 0 atom stereocenters. The first kappa shape index (κ1) is 17.1. The summed E-state index contributed by atoms with van der Waals surface area (Å²) >= 11 is 5.97. The van der Waals surface area contributed by atoms with Gasteiger partial charge in [-0.3, -0.25) is 9.69 Å². The van der Waals surface area contributed by atoms with Gasteiger partial charge < -0.3 is 14.8 Å². The molecule has 1 aromatic rings. The number of amides is 1. The molecule has 1 heterocycles. The van der Waals surface area contributed by atoms with E-state index in [-0.39, 0.29) is 11.4 Å². The van der Waals surface area contributed by atoms with Crippen molar-refractivity contribution in [1.82, 2.24) is 10.2 Å². The summed E-state index contributed by atoms with van der Waals surface area (Å²) in [4.78, 5) is 14.7. The SMILES string of the molecule is COc1ccc(Cl)cc1C(=O)NCC(C)(C)N1CCOCC1. The topological polar surface area (TPSA) is 50.8 Å². The first-order valence-electron chi connectivity index (χ1n) is 7.38. The zero-order chi connectivity index (χ0) is 16.2. The number of nitrogens with one attached hydrogen (secondary N) is 1. The molecular formula is C16H23ClN2O3. The smallest absolute Gasteiger partial charge is 0.255 e. The van der Waals surface area contributed by atoms with Crippen molar-refractivity contribution in [2.75, 3.05) is 40.0 Å². The zero-order valence-electron chi connectivity index (χ0n) is 13.3. The molecule has 0 saturated carbocycles. The number of methoxy groups -OCH3 is 1. The summed E-state index contributed by atoms with van der Waals surface area (Å²) in [5.74, 6) is 0.340. The van der Waals surface area contributed by atoms with Gasteiger partial charge >= 0.3 is 0 Å². The fourth-order valence-corrected chi connectivity index (χ4v) is 2.70. The second kappa shape index (κ2) is 7.31. The quantitative estimate of drug-likeness (QED) is 0.901. The van der Waals surface area contributed by atoms with Gasteiger partial charge in [-0.05, 0) is 32.0 Å². The van der Waals surface area contributed by atoms with E-state index in [2.05, 4.69) is 24.1 Å². The molecule has 1 aliphatic rings. The molecule has 0 unspecified atom stereocenters. The molecule has 1 aliphatic heterocycles. The number of morpholine rings is 1. The van der Waals surface area contributed by atoms with Crippen molar-refractivity contribution < 1.29 is 14.3 Å². The van der Waals surface area contributed by atoms with Crippen LogP contribution >= 0.6 is 11.6 Å². The monoisotopic (exact) mass is 326 g/mol. The lowest BCUT2D eigenvalue weighted by Crippen LogP contribution is -2.55. The number of nitrogens with zero attached hydrogens (tertiary/aromatic N) is 1. The predicted molar refractivity (Wildman–Crippen MR) is 86.8 cm³/mol. The van der Waals surface area contributed by atoms with Crippen LogP contribution < -0.4 is 10.1 Å². The highest BCUT2D eigenvalue weighted by Crippen LogP contribution is 2.23.